The van der Waals surface area contributed by atoms with Crippen molar-refractivity contribution in [2.45, 2.75) is 25.8 Å². The van der Waals surface area contributed by atoms with Gasteiger partial charge in [0.1, 0.15) is 23.2 Å². The van der Waals surface area contributed by atoms with E-state index in [1.54, 1.807) is 7.05 Å². The zero-order valence-electron chi connectivity index (χ0n) is 19.9. The Morgan fingerprint density at radius 3 is 2.78 bits per heavy atom. The molecule has 32 heavy (non-hydrogen) atoms. The van der Waals surface area contributed by atoms with Gasteiger partial charge in [0.05, 0.1) is 23.5 Å². The van der Waals surface area contributed by atoms with Crippen LogP contribution < -0.4 is 21.5 Å². The van der Waals surface area contributed by atoms with E-state index in [1.165, 1.54) is 16.8 Å². The Balaban J connectivity index is 1.77. The molecule has 3 aromatic heterocycles. The van der Waals surface area contributed by atoms with Crippen LogP contribution in [-0.2, 0) is 18.4 Å². The van der Waals surface area contributed by atoms with Gasteiger partial charge in [-0.25, -0.2) is 18.7 Å². The van der Waals surface area contributed by atoms with Gasteiger partial charge >= 0.3 is 0 Å². The number of anilines is 3. The van der Waals surface area contributed by atoms with Crippen LogP contribution in [0.1, 0.15) is 27.3 Å². The summed E-state index contributed by atoms with van der Waals surface area (Å²) in [7, 11) is 1.59. The number of aromatic nitrogens is 4. The van der Waals surface area contributed by atoms with Gasteiger partial charge < -0.3 is 20.5 Å². The van der Waals surface area contributed by atoms with Crippen molar-refractivity contribution in [1.82, 2.24) is 24.4 Å². The fraction of sp³-hybridized carbons (Fsp3) is 0.350. The largest absolute Gasteiger partial charge is 0.355 e. The highest BCUT2D eigenvalue weighted by atomic mass is 19.3. The normalized spacial score (nSPS) is 15.2. The monoisotopic (exact) mass is 448 g/mol. The molecule has 3 heterocycles. The minimum absolute atomic E-state index is 0.0155. The van der Waals surface area contributed by atoms with Crippen molar-refractivity contribution in [1.29, 1.82) is 0 Å². The standard InChI is InChI=1S/C20H21F2N7O3/c1-23-19(31)11-6-24-15(27-18(30)10-3-4-10)5-12(11)26-13-7-28(2)17-16(13)20(32)29(9-25-17)8-14(21)22/h5-7,9-10,14H,3-4,8H2,1-2H3,(H,23,31)(H2,24,26,27,30)/i1D3. The molecule has 0 saturated heterocycles. The van der Waals surface area contributed by atoms with Gasteiger partial charge in [0.2, 0.25) is 5.91 Å². The Morgan fingerprint density at radius 1 is 1.31 bits per heavy atom. The fourth-order valence-corrected chi connectivity index (χ4v) is 3.27. The fourth-order valence-electron chi connectivity index (χ4n) is 3.27. The molecule has 2 amide bonds. The summed E-state index contributed by atoms with van der Waals surface area (Å²) in [5.41, 5.74) is -0.545. The molecule has 0 atom stereocenters. The van der Waals surface area contributed by atoms with Crippen LogP contribution >= 0.6 is 0 Å². The molecule has 12 heteroatoms. The van der Waals surface area contributed by atoms with Gasteiger partial charge in [0, 0.05) is 42.5 Å². The first-order valence-corrected chi connectivity index (χ1v) is 9.66. The highest BCUT2D eigenvalue weighted by Crippen LogP contribution is 2.31. The summed E-state index contributed by atoms with van der Waals surface area (Å²) in [6.45, 7) is -3.63. The molecule has 1 aliphatic rings. The van der Waals surface area contributed by atoms with Gasteiger partial charge in [0.15, 0.2) is 0 Å². The molecule has 0 aromatic carbocycles. The molecule has 1 aliphatic carbocycles. The maximum atomic E-state index is 12.9. The molecule has 4 rings (SSSR count). The summed E-state index contributed by atoms with van der Waals surface area (Å²) >= 11 is 0. The lowest BCUT2D eigenvalue weighted by Crippen LogP contribution is -2.24. The molecule has 0 bridgehead atoms. The number of amides is 2. The third-order valence-electron chi connectivity index (χ3n) is 5.01. The zero-order valence-corrected chi connectivity index (χ0v) is 16.9. The number of fused-ring (bicyclic) bond motifs is 1. The number of alkyl halides is 2. The summed E-state index contributed by atoms with van der Waals surface area (Å²) in [4.78, 5) is 45.8. The number of nitrogens with zero attached hydrogens (tertiary/aromatic N) is 4. The van der Waals surface area contributed by atoms with E-state index in [1.807, 2.05) is 5.32 Å². The lowest BCUT2D eigenvalue weighted by atomic mass is 10.2. The van der Waals surface area contributed by atoms with Crippen LogP contribution in [0, 0.1) is 5.92 Å². The van der Waals surface area contributed by atoms with Crippen molar-refractivity contribution < 1.29 is 22.5 Å². The van der Waals surface area contributed by atoms with E-state index in [9.17, 15) is 23.2 Å². The predicted molar refractivity (Wildman–Crippen MR) is 113 cm³/mol. The second-order valence-corrected chi connectivity index (χ2v) is 7.40. The minimum Gasteiger partial charge on any atom is -0.355 e. The van der Waals surface area contributed by atoms with Gasteiger partial charge in [-0.15, -0.1) is 0 Å². The molecule has 10 nitrogen and oxygen atoms in total. The Hall–Kier alpha value is -3.83. The van der Waals surface area contributed by atoms with Crippen LogP contribution in [0.3, 0.4) is 0 Å². The Kier molecular flexibility index (Phi) is 4.65. The Bertz CT molecular complexity index is 1370. The summed E-state index contributed by atoms with van der Waals surface area (Å²) in [6.07, 6.45) is 2.31. The number of rotatable bonds is 7. The SMILES string of the molecule is [2H]C([2H])([2H])NC(=O)c1cnc(NC(=O)C2CC2)cc1Nc1cn(C)c2ncn(CC(F)F)c(=O)c12. The molecule has 3 N–H and O–H groups in total. The van der Waals surface area contributed by atoms with E-state index >= 15 is 0 Å². The van der Waals surface area contributed by atoms with Crippen LogP contribution in [0.5, 0.6) is 0 Å². The molecular weight excluding hydrogens is 424 g/mol. The van der Waals surface area contributed by atoms with Crippen LogP contribution in [0.2, 0.25) is 0 Å². The number of hydrogen-bond donors (Lipinski definition) is 3. The lowest BCUT2D eigenvalue weighted by Gasteiger charge is -2.13. The van der Waals surface area contributed by atoms with Crippen molar-refractivity contribution in [2.75, 3.05) is 17.6 Å². The second-order valence-electron chi connectivity index (χ2n) is 7.40. The highest BCUT2D eigenvalue weighted by molar-refractivity contribution is 6.02. The van der Waals surface area contributed by atoms with E-state index in [2.05, 4.69) is 20.6 Å². The lowest BCUT2D eigenvalue weighted by molar-refractivity contribution is -0.117. The summed E-state index contributed by atoms with van der Waals surface area (Å²) in [5.74, 6) is -1.24. The van der Waals surface area contributed by atoms with Crippen molar-refractivity contribution in [3.63, 3.8) is 0 Å². The minimum atomic E-state index is -2.78. The first-order valence-electron chi connectivity index (χ1n) is 11.2. The average molecular weight is 448 g/mol. The number of nitrogens with one attached hydrogen (secondary N) is 3. The van der Waals surface area contributed by atoms with E-state index < -0.39 is 31.4 Å². The third kappa shape index (κ3) is 4.15. The van der Waals surface area contributed by atoms with Crippen molar-refractivity contribution in [3.8, 4) is 0 Å². The molecular formula is C20H21F2N7O3. The Labute approximate surface area is 184 Å². The highest BCUT2D eigenvalue weighted by Gasteiger charge is 2.30. The molecule has 0 spiro atoms. The van der Waals surface area contributed by atoms with Crippen LogP contribution in [0.25, 0.3) is 11.0 Å². The molecule has 0 unspecified atom stereocenters. The van der Waals surface area contributed by atoms with Crippen molar-refractivity contribution in [2.24, 2.45) is 13.0 Å². The molecule has 3 aromatic rings. The molecule has 168 valence electrons. The first kappa shape index (κ1) is 17.8. The summed E-state index contributed by atoms with van der Waals surface area (Å²) in [5, 5.41) is 7.36. The number of carbonyl (C=O) groups excluding carboxylic acids is 2. The van der Waals surface area contributed by atoms with Gasteiger partial charge in [0.25, 0.3) is 17.9 Å². The molecule has 1 fully saturated rings. The average Bonchev–Trinajstić information content (AvgIpc) is 3.54. The van der Waals surface area contributed by atoms with Gasteiger partial charge in [-0.3, -0.25) is 19.0 Å². The maximum absolute atomic E-state index is 12.9. The van der Waals surface area contributed by atoms with Gasteiger partial charge in [-0.05, 0) is 12.8 Å². The van der Waals surface area contributed by atoms with E-state index in [4.69, 9.17) is 4.11 Å². The van der Waals surface area contributed by atoms with Crippen molar-refractivity contribution in [3.05, 3.63) is 40.7 Å². The van der Waals surface area contributed by atoms with Crippen molar-refractivity contribution >= 4 is 40.0 Å². The van der Waals surface area contributed by atoms with Gasteiger partial charge in [-0.1, -0.05) is 0 Å². The number of carbonyl (C=O) groups is 2. The second kappa shape index (κ2) is 8.36. The number of aryl methyl sites for hydroxylation is 1. The topological polar surface area (TPSA) is 123 Å². The first-order chi connectivity index (χ1) is 16.4. The maximum Gasteiger partial charge on any atom is 0.265 e. The molecule has 1 saturated carbocycles. The molecule has 0 radical (unpaired) electrons. The summed E-state index contributed by atoms with van der Waals surface area (Å²) in [6, 6.07) is 1.32. The third-order valence-corrected chi connectivity index (χ3v) is 5.01. The summed E-state index contributed by atoms with van der Waals surface area (Å²) < 4.78 is 50.0. The Morgan fingerprint density at radius 2 is 2.09 bits per heavy atom. The number of halogens is 2. The quantitative estimate of drug-likeness (QED) is 0.507. The number of hydrogen-bond acceptors (Lipinski definition) is 6. The van der Waals surface area contributed by atoms with E-state index in [-0.39, 0.29) is 45.6 Å². The van der Waals surface area contributed by atoms with Crippen LogP contribution in [0.15, 0.2) is 29.6 Å². The van der Waals surface area contributed by atoms with Crippen LogP contribution in [0.4, 0.5) is 26.0 Å². The van der Waals surface area contributed by atoms with Crippen LogP contribution in [-0.4, -0.2) is 44.3 Å². The zero-order chi connectivity index (χ0) is 25.5. The predicted octanol–water partition coefficient (Wildman–Crippen LogP) is 1.85. The van der Waals surface area contributed by atoms with E-state index in [0.29, 0.717) is 0 Å². The number of pyridine rings is 1. The van der Waals surface area contributed by atoms with Gasteiger partial charge in [-0.2, -0.15) is 0 Å². The van der Waals surface area contributed by atoms with E-state index in [0.717, 1.165) is 29.9 Å². The molecule has 0 aliphatic heterocycles. The smallest absolute Gasteiger partial charge is 0.265 e.